The predicted octanol–water partition coefficient (Wildman–Crippen LogP) is 2.54. The molecule has 2 heterocycles. The van der Waals surface area contributed by atoms with Gasteiger partial charge < -0.3 is 16.0 Å². The van der Waals surface area contributed by atoms with Gasteiger partial charge in [0.2, 0.25) is 0 Å². The lowest BCUT2D eigenvalue weighted by atomic mass is 10.00. The number of rotatable bonds is 7. The average molecular weight is 395 g/mol. The van der Waals surface area contributed by atoms with Crippen molar-refractivity contribution in [3.63, 3.8) is 0 Å². The van der Waals surface area contributed by atoms with Gasteiger partial charge in [0.15, 0.2) is 0 Å². The molecule has 0 bridgehead atoms. The Morgan fingerprint density at radius 1 is 1.14 bits per heavy atom. The molecule has 1 aliphatic rings. The summed E-state index contributed by atoms with van der Waals surface area (Å²) >= 11 is 0. The number of pyridine rings is 1. The Morgan fingerprint density at radius 2 is 1.97 bits per heavy atom. The lowest BCUT2D eigenvalue weighted by molar-refractivity contribution is 0.0951. The summed E-state index contributed by atoms with van der Waals surface area (Å²) in [6.07, 6.45) is 5.21. The summed E-state index contributed by atoms with van der Waals surface area (Å²) in [4.78, 5) is 29.3. The normalized spacial score (nSPS) is 16.7. The van der Waals surface area contributed by atoms with Gasteiger partial charge in [-0.25, -0.2) is 4.98 Å². The number of benzene rings is 1. The molecule has 2 amide bonds. The van der Waals surface area contributed by atoms with Crippen LogP contribution in [0.15, 0.2) is 42.5 Å². The molecule has 3 N–H and O–H groups in total. The number of nitrogens with zero attached hydrogens (tertiary/aromatic N) is 1. The molecular formula is C23H30N4O2. The summed E-state index contributed by atoms with van der Waals surface area (Å²) in [5.74, 6) is 0.150. The van der Waals surface area contributed by atoms with Crippen LogP contribution in [0.5, 0.6) is 0 Å². The first-order valence-corrected chi connectivity index (χ1v) is 10.4. The molecule has 1 atom stereocenters. The average Bonchev–Trinajstić information content (AvgIpc) is 3.02. The number of aromatic nitrogens is 1. The highest BCUT2D eigenvalue weighted by molar-refractivity contribution is 5.98. The van der Waals surface area contributed by atoms with Crippen LogP contribution in [0.25, 0.3) is 0 Å². The van der Waals surface area contributed by atoms with Gasteiger partial charge in [-0.2, -0.15) is 0 Å². The fourth-order valence-electron chi connectivity index (χ4n) is 3.69. The minimum absolute atomic E-state index is 0.159. The molecule has 2 aromatic rings. The molecule has 1 aliphatic heterocycles. The Hall–Kier alpha value is -2.73. The molecule has 0 saturated carbocycles. The summed E-state index contributed by atoms with van der Waals surface area (Å²) < 4.78 is 0. The van der Waals surface area contributed by atoms with Crippen molar-refractivity contribution in [1.82, 2.24) is 20.9 Å². The Balaban J connectivity index is 1.68. The molecule has 1 saturated heterocycles. The highest BCUT2D eigenvalue weighted by Gasteiger charge is 2.16. The lowest BCUT2D eigenvalue weighted by Crippen LogP contribution is -2.29. The van der Waals surface area contributed by atoms with Crippen LogP contribution in [-0.4, -0.2) is 43.5 Å². The van der Waals surface area contributed by atoms with E-state index in [1.54, 1.807) is 19.2 Å². The lowest BCUT2D eigenvalue weighted by Gasteiger charge is -2.15. The second-order valence-electron chi connectivity index (χ2n) is 7.58. The van der Waals surface area contributed by atoms with Crippen LogP contribution in [0.4, 0.5) is 0 Å². The summed E-state index contributed by atoms with van der Waals surface area (Å²) in [7, 11) is 1.56. The molecule has 29 heavy (non-hydrogen) atoms. The van der Waals surface area contributed by atoms with Crippen LogP contribution < -0.4 is 16.0 Å². The van der Waals surface area contributed by atoms with Gasteiger partial charge in [-0.15, -0.1) is 0 Å². The van der Waals surface area contributed by atoms with Crippen LogP contribution in [-0.2, 0) is 6.42 Å². The van der Waals surface area contributed by atoms with Gasteiger partial charge in [-0.3, -0.25) is 9.59 Å². The second-order valence-corrected chi connectivity index (χ2v) is 7.58. The Morgan fingerprint density at radius 3 is 2.76 bits per heavy atom. The van der Waals surface area contributed by atoms with E-state index >= 15 is 0 Å². The number of nitrogens with one attached hydrogen (secondary N) is 3. The smallest absolute Gasteiger partial charge is 0.269 e. The number of amides is 2. The third-order valence-corrected chi connectivity index (χ3v) is 5.32. The highest BCUT2D eigenvalue weighted by atomic mass is 16.2. The van der Waals surface area contributed by atoms with E-state index in [0.717, 1.165) is 25.1 Å². The zero-order chi connectivity index (χ0) is 20.5. The maximum Gasteiger partial charge on any atom is 0.269 e. The summed E-state index contributed by atoms with van der Waals surface area (Å²) in [5.41, 5.74) is 2.53. The van der Waals surface area contributed by atoms with Crippen molar-refractivity contribution < 1.29 is 9.59 Å². The fourth-order valence-corrected chi connectivity index (χ4v) is 3.69. The molecule has 1 fully saturated rings. The van der Waals surface area contributed by atoms with Gasteiger partial charge in [-0.05, 0) is 56.0 Å². The molecule has 0 aliphatic carbocycles. The Bertz CT molecular complexity index is 815. The van der Waals surface area contributed by atoms with Crippen molar-refractivity contribution in [3.8, 4) is 0 Å². The molecular weight excluding hydrogens is 364 g/mol. The van der Waals surface area contributed by atoms with Gasteiger partial charge >= 0.3 is 0 Å². The Labute approximate surface area is 172 Å². The third kappa shape index (κ3) is 6.39. The quantitative estimate of drug-likeness (QED) is 0.674. The number of carbonyl (C=O) groups excluding carboxylic acids is 2. The van der Waals surface area contributed by atoms with Gasteiger partial charge in [0.1, 0.15) is 5.69 Å². The number of hydrogen-bond donors (Lipinski definition) is 3. The second kappa shape index (κ2) is 10.7. The van der Waals surface area contributed by atoms with E-state index < -0.39 is 0 Å². The van der Waals surface area contributed by atoms with Crippen molar-refractivity contribution in [2.75, 3.05) is 26.7 Å². The largest absolute Gasteiger partial charge is 0.354 e. The van der Waals surface area contributed by atoms with E-state index in [1.807, 2.05) is 30.3 Å². The summed E-state index contributed by atoms with van der Waals surface area (Å²) in [6, 6.07) is 13.3. The molecule has 6 heteroatoms. The van der Waals surface area contributed by atoms with Gasteiger partial charge in [0.25, 0.3) is 11.8 Å². The molecule has 0 radical (unpaired) electrons. The molecule has 1 aromatic heterocycles. The van der Waals surface area contributed by atoms with Crippen molar-refractivity contribution in [1.29, 1.82) is 0 Å². The first-order valence-electron chi connectivity index (χ1n) is 10.4. The van der Waals surface area contributed by atoms with Gasteiger partial charge in [-0.1, -0.05) is 36.8 Å². The van der Waals surface area contributed by atoms with Crippen LogP contribution in [0.1, 0.15) is 57.8 Å². The van der Waals surface area contributed by atoms with Gasteiger partial charge in [0.05, 0.1) is 0 Å². The maximum absolute atomic E-state index is 12.7. The van der Waals surface area contributed by atoms with E-state index in [2.05, 4.69) is 20.9 Å². The highest BCUT2D eigenvalue weighted by Crippen LogP contribution is 2.15. The van der Waals surface area contributed by atoms with E-state index in [9.17, 15) is 9.59 Å². The van der Waals surface area contributed by atoms with Crippen molar-refractivity contribution in [3.05, 3.63) is 65.0 Å². The summed E-state index contributed by atoms with van der Waals surface area (Å²) in [5, 5.41) is 9.06. The number of carbonyl (C=O) groups is 2. The van der Waals surface area contributed by atoms with Crippen molar-refractivity contribution in [2.45, 2.75) is 32.1 Å². The van der Waals surface area contributed by atoms with Crippen molar-refractivity contribution >= 4 is 11.8 Å². The zero-order valence-corrected chi connectivity index (χ0v) is 17.0. The predicted molar refractivity (Wildman–Crippen MR) is 114 cm³/mol. The first kappa shape index (κ1) is 21.0. The van der Waals surface area contributed by atoms with Crippen molar-refractivity contribution in [2.24, 2.45) is 5.92 Å². The van der Waals surface area contributed by atoms with E-state index in [0.29, 0.717) is 30.1 Å². The molecule has 3 rings (SSSR count). The van der Waals surface area contributed by atoms with E-state index in [1.165, 1.54) is 19.3 Å². The molecule has 154 valence electrons. The minimum Gasteiger partial charge on any atom is -0.354 e. The van der Waals surface area contributed by atoms with Crippen LogP contribution in [0.2, 0.25) is 0 Å². The monoisotopic (exact) mass is 394 g/mol. The molecule has 6 nitrogen and oxygen atoms in total. The fraction of sp³-hybridized carbons (Fsp3) is 0.435. The maximum atomic E-state index is 12.7. The first-order chi connectivity index (χ1) is 14.2. The van der Waals surface area contributed by atoms with Crippen LogP contribution >= 0.6 is 0 Å². The SMILES string of the molecule is CNC(=O)c1cc(C(=O)NCC[C@H]2CCCCNC2)cc(Cc2ccccc2)n1. The molecule has 0 spiro atoms. The molecule has 1 aromatic carbocycles. The number of hydrogen-bond acceptors (Lipinski definition) is 4. The standard InChI is InChI=1S/C23H30N4O2/c1-24-23(29)21-15-19(14-20(27-21)13-17-7-3-2-4-8-17)22(28)26-12-10-18-9-5-6-11-25-16-18/h2-4,7-8,14-15,18,25H,5-6,9-13,16H2,1H3,(H,24,29)(H,26,28)/t18-/m1/s1. The molecule has 0 unspecified atom stereocenters. The van der Waals surface area contributed by atoms with Crippen LogP contribution in [0.3, 0.4) is 0 Å². The van der Waals surface area contributed by atoms with E-state index in [-0.39, 0.29) is 17.5 Å². The van der Waals surface area contributed by atoms with Gasteiger partial charge in [0, 0.05) is 31.3 Å². The van der Waals surface area contributed by atoms with E-state index in [4.69, 9.17) is 0 Å². The summed E-state index contributed by atoms with van der Waals surface area (Å²) in [6.45, 7) is 2.75. The van der Waals surface area contributed by atoms with Crippen LogP contribution in [0, 0.1) is 5.92 Å². The Kier molecular flexibility index (Phi) is 7.76. The third-order valence-electron chi connectivity index (χ3n) is 5.32. The zero-order valence-electron chi connectivity index (χ0n) is 17.0. The minimum atomic E-state index is -0.293. The topological polar surface area (TPSA) is 83.1 Å².